The van der Waals surface area contributed by atoms with E-state index in [1.807, 2.05) is 44.1 Å². The number of carbonyl (C=O) groups is 1. The van der Waals surface area contributed by atoms with Crippen molar-refractivity contribution in [2.45, 2.75) is 46.5 Å². The van der Waals surface area contributed by atoms with Crippen molar-refractivity contribution in [1.82, 2.24) is 4.90 Å². The van der Waals surface area contributed by atoms with Gasteiger partial charge < -0.3 is 24.6 Å². The zero-order valence-corrected chi connectivity index (χ0v) is 21.6. The van der Waals surface area contributed by atoms with Gasteiger partial charge in [0.25, 0.3) is 0 Å². The van der Waals surface area contributed by atoms with Crippen LogP contribution < -0.4 is 9.47 Å². The molecule has 6 nitrogen and oxygen atoms in total. The van der Waals surface area contributed by atoms with Crippen molar-refractivity contribution in [3.8, 4) is 23.0 Å². The van der Waals surface area contributed by atoms with Crippen molar-refractivity contribution in [3.05, 3.63) is 64.7 Å². The molecule has 0 heterocycles. The highest BCUT2D eigenvalue weighted by atomic mass is 16.5. The van der Waals surface area contributed by atoms with Crippen LogP contribution in [0, 0.1) is 0 Å². The van der Waals surface area contributed by atoms with Gasteiger partial charge in [0.05, 0.1) is 12.2 Å². The number of unbranched alkanes of at least 4 members (excludes halogenated alkanes) is 1. The number of hydrogen-bond acceptors (Lipinski definition) is 6. The van der Waals surface area contributed by atoms with Crippen LogP contribution in [0.4, 0.5) is 0 Å². The lowest BCUT2D eigenvalue weighted by atomic mass is 9.97. The number of ketones is 1. The zero-order chi connectivity index (χ0) is 25.8. The summed E-state index contributed by atoms with van der Waals surface area (Å²) in [5.74, 6) is 0.801. The number of nitrogens with zero attached hydrogens (tertiary/aromatic N) is 1. The summed E-state index contributed by atoms with van der Waals surface area (Å²) in [6.07, 6.45) is 8.36. The highest BCUT2D eigenvalue weighted by Gasteiger charge is 2.16. The SMILES string of the molecule is C/C=C\c1c(CCC(=O)c2ccc(OCCN(C)C)cc2O)ccc(O)c1OCCCC=C(C)C. The number of phenols is 2. The van der Waals surface area contributed by atoms with E-state index in [0.717, 1.165) is 30.5 Å². The number of Topliss-reactive ketones (excluding diaryl/α,β-unsaturated/α-hetero) is 1. The van der Waals surface area contributed by atoms with Gasteiger partial charge in [0.15, 0.2) is 17.3 Å². The molecular weight excluding hydrogens is 442 g/mol. The van der Waals surface area contributed by atoms with E-state index in [9.17, 15) is 15.0 Å². The van der Waals surface area contributed by atoms with Gasteiger partial charge in [0.2, 0.25) is 0 Å². The number of carbonyl (C=O) groups excluding carboxylic acids is 1. The Bertz CT molecular complexity index is 1040. The number of rotatable bonds is 14. The van der Waals surface area contributed by atoms with Crippen molar-refractivity contribution in [2.75, 3.05) is 33.9 Å². The van der Waals surface area contributed by atoms with E-state index in [-0.39, 0.29) is 29.3 Å². The molecule has 0 radical (unpaired) electrons. The third kappa shape index (κ3) is 9.13. The second kappa shape index (κ2) is 14.2. The third-order valence-corrected chi connectivity index (χ3v) is 5.44. The molecule has 0 aliphatic carbocycles. The maximum Gasteiger partial charge on any atom is 0.168 e. The number of benzene rings is 2. The summed E-state index contributed by atoms with van der Waals surface area (Å²) >= 11 is 0. The Morgan fingerprint density at radius 2 is 1.80 bits per heavy atom. The second-order valence-electron chi connectivity index (χ2n) is 9.01. The summed E-state index contributed by atoms with van der Waals surface area (Å²) in [5, 5.41) is 20.8. The summed E-state index contributed by atoms with van der Waals surface area (Å²) in [6, 6.07) is 8.21. The molecule has 0 bridgehead atoms. The smallest absolute Gasteiger partial charge is 0.168 e. The minimum atomic E-state index is -0.161. The number of phenolic OH excluding ortho intramolecular Hbond substituents is 2. The molecule has 6 heteroatoms. The summed E-state index contributed by atoms with van der Waals surface area (Å²) in [4.78, 5) is 14.9. The maximum atomic E-state index is 12.9. The van der Waals surface area contributed by atoms with E-state index in [2.05, 4.69) is 19.9 Å². The molecule has 0 unspecified atom stereocenters. The molecule has 2 rings (SSSR count). The van der Waals surface area contributed by atoms with Gasteiger partial charge in [-0.3, -0.25) is 4.79 Å². The van der Waals surface area contributed by atoms with Crippen molar-refractivity contribution < 1.29 is 24.5 Å². The highest BCUT2D eigenvalue weighted by Crippen LogP contribution is 2.35. The first kappa shape index (κ1) is 28.0. The maximum absolute atomic E-state index is 12.9. The molecule has 0 aliphatic heterocycles. The first-order chi connectivity index (χ1) is 16.7. The molecule has 0 saturated carbocycles. The molecule has 2 aromatic carbocycles. The van der Waals surface area contributed by atoms with Gasteiger partial charge in [-0.25, -0.2) is 0 Å². The number of allylic oxidation sites excluding steroid dienone is 3. The molecule has 0 amide bonds. The molecule has 0 aromatic heterocycles. The van der Waals surface area contributed by atoms with Crippen LogP contribution in [-0.2, 0) is 6.42 Å². The van der Waals surface area contributed by atoms with Gasteiger partial charge in [-0.15, -0.1) is 0 Å². The molecule has 0 atom stereocenters. The summed E-state index contributed by atoms with van der Waals surface area (Å²) < 4.78 is 11.6. The molecule has 0 saturated heterocycles. The van der Waals surface area contributed by atoms with E-state index >= 15 is 0 Å². The van der Waals surface area contributed by atoms with E-state index in [0.29, 0.717) is 31.1 Å². The Morgan fingerprint density at radius 1 is 1.03 bits per heavy atom. The minimum absolute atomic E-state index is 0.0814. The molecule has 35 heavy (non-hydrogen) atoms. The molecular formula is C29H39NO5. The van der Waals surface area contributed by atoms with Crippen LogP contribution in [0.15, 0.2) is 48.1 Å². The van der Waals surface area contributed by atoms with Crippen LogP contribution in [-0.4, -0.2) is 54.8 Å². The van der Waals surface area contributed by atoms with E-state index in [1.54, 1.807) is 18.2 Å². The van der Waals surface area contributed by atoms with Crippen molar-refractivity contribution >= 4 is 11.9 Å². The fourth-order valence-electron chi connectivity index (χ4n) is 3.56. The lowest BCUT2D eigenvalue weighted by Gasteiger charge is -2.15. The second-order valence-corrected chi connectivity index (χ2v) is 9.01. The number of hydrogen-bond donors (Lipinski definition) is 2. The van der Waals surface area contributed by atoms with Gasteiger partial charge in [0, 0.05) is 24.6 Å². The normalized spacial score (nSPS) is 11.1. The first-order valence-corrected chi connectivity index (χ1v) is 12.1. The van der Waals surface area contributed by atoms with Crippen LogP contribution >= 0.6 is 0 Å². The van der Waals surface area contributed by atoms with Crippen LogP contribution in [0.3, 0.4) is 0 Å². The number of ether oxygens (including phenoxy) is 2. The lowest BCUT2D eigenvalue weighted by molar-refractivity contribution is 0.0980. The van der Waals surface area contributed by atoms with Crippen LogP contribution in [0.25, 0.3) is 6.08 Å². The van der Waals surface area contributed by atoms with Gasteiger partial charge in [-0.2, -0.15) is 0 Å². The van der Waals surface area contributed by atoms with E-state index in [4.69, 9.17) is 9.47 Å². The molecule has 2 aromatic rings. The minimum Gasteiger partial charge on any atom is -0.507 e. The Kier molecular flexibility index (Phi) is 11.4. The van der Waals surface area contributed by atoms with Crippen LogP contribution in [0.2, 0.25) is 0 Å². The zero-order valence-electron chi connectivity index (χ0n) is 21.6. The molecule has 0 fully saturated rings. The average molecular weight is 482 g/mol. The van der Waals surface area contributed by atoms with Crippen LogP contribution in [0.1, 0.15) is 61.5 Å². The molecule has 0 aliphatic rings. The van der Waals surface area contributed by atoms with Gasteiger partial charge >= 0.3 is 0 Å². The third-order valence-electron chi connectivity index (χ3n) is 5.44. The fraction of sp³-hybridized carbons (Fsp3) is 0.414. The quantitative estimate of drug-likeness (QED) is 0.195. The van der Waals surface area contributed by atoms with Gasteiger partial charge in [-0.05, 0) is 77.9 Å². The Labute approximate surface area is 209 Å². The predicted octanol–water partition coefficient (Wildman–Crippen LogP) is 6.01. The van der Waals surface area contributed by atoms with Crippen molar-refractivity contribution in [3.63, 3.8) is 0 Å². The number of aryl methyl sites for hydroxylation is 1. The number of likely N-dealkylation sites (N-methyl/N-ethyl adjacent to an activating group) is 1. The standard InChI is InChI=1S/C29H39NO5/c1-6-9-24-22(12-16-27(32)29(24)35-18-8-7-10-21(2)3)11-15-26(31)25-14-13-23(20-28(25)33)34-19-17-30(4)5/h6,9-10,12-14,16,20,32-33H,7-8,11,15,17-19H2,1-5H3/b9-6-. The summed E-state index contributed by atoms with van der Waals surface area (Å²) in [7, 11) is 3.92. The van der Waals surface area contributed by atoms with Crippen molar-refractivity contribution in [1.29, 1.82) is 0 Å². The Morgan fingerprint density at radius 3 is 2.46 bits per heavy atom. The first-order valence-electron chi connectivity index (χ1n) is 12.1. The van der Waals surface area contributed by atoms with Gasteiger partial charge in [-0.1, -0.05) is 29.9 Å². The Hall–Kier alpha value is -3.25. The topological polar surface area (TPSA) is 79.2 Å². The van der Waals surface area contributed by atoms with Crippen molar-refractivity contribution in [2.24, 2.45) is 0 Å². The Balaban J connectivity index is 2.08. The lowest BCUT2D eigenvalue weighted by Crippen LogP contribution is -2.19. The van der Waals surface area contributed by atoms with Crippen LogP contribution in [0.5, 0.6) is 23.0 Å². The monoisotopic (exact) mass is 481 g/mol. The summed E-state index contributed by atoms with van der Waals surface area (Å²) in [6.45, 7) is 7.77. The predicted molar refractivity (Wildman–Crippen MR) is 142 cm³/mol. The average Bonchev–Trinajstić information content (AvgIpc) is 2.79. The number of aromatic hydroxyl groups is 2. The molecule has 190 valence electrons. The molecule has 2 N–H and O–H groups in total. The fourth-order valence-corrected chi connectivity index (χ4v) is 3.56. The van der Waals surface area contributed by atoms with E-state index < -0.39 is 0 Å². The highest BCUT2D eigenvalue weighted by molar-refractivity contribution is 5.98. The summed E-state index contributed by atoms with van der Waals surface area (Å²) in [5.41, 5.74) is 3.21. The largest absolute Gasteiger partial charge is 0.507 e. The van der Waals surface area contributed by atoms with Gasteiger partial charge in [0.1, 0.15) is 18.1 Å². The molecule has 0 spiro atoms. The van der Waals surface area contributed by atoms with E-state index in [1.165, 1.54) is 11.6 Å².